The summed E-state index contributed by atoms with van der Waals surface area (Å²) in [5, 5.41) is 5.45. The van der Waals surface area contributed by atoms with Gasteiger partial charge in [-0.2, -0.15) is 0 Å². The van der Waals surface area contributed by atoms with Gasteiger partial charge in [-0.05, 0) is 42.5 Å². The lowest BCUT2D eigenvalue weighted by Gasteiger charge is -2.27. The molecule has 1 saturated heterocycles. The number of nitrogens with zero attached hydrogens (tertiary/aromatic N) is 2. The zero-order valence-corrected chi connectivity index (χ0v) is 28.7. The average Bonchev–Trinajstić information content (AvgIpc) is 3.79. The van der Waals surface area contributed by atoms with Crippen molar-refractivity contribution in [2.75, 3.05) is 13.2 Å². The monoisotopic (exact) mass is 716 g/mol. The molecule has 2 amide bonds. The number of halogens is 5. The summed E-state index contributed by atoms with van der Waals surface area (Å²) in [5.41, 5.74) is 3.35. The van der Waals surface area contributed by atoms with E-state index < -0.39 is 67.4 Å². The molecule has 0 saturated carbocycles. The smallest absolute Gasteiger partial charge is 0.271 e. The van der Waals surface area contributed by atoms with Crippen LogP contribution in [0.3, 0.4) is 0 Å². The Kier molecular flexibility index (Phi) is 11.6. The van der Waals surface area contributed by atoms with Gasteiger partial charge >= 0.3 is 0 Å². The number of H-pyrrole nitrogens is 2. The van der Waals surface area contributed by atoms with E-state index in [4.69, 9.17) is 9.47 Å². The van der Waals surface area contributed by atoms with Gasteiger partial charge in [0.1, 0.15) is 42.9 Å². The zero-order chi connectivity index (χ0) is 36.9. The van der Waals surface area contributed by atoms with Crippen LogP contribution in [0.5, 0.6) is 0 Å². The quantitative estimate of drug-likeness (QED) is 0.104. The van der Waals surface area contributed by atoms with E-state index in [1.807, 2.05) is 38.1 Å². The largest absolute Gasteiger partial charge is 0.362 e. The summed E-state index contributed by atoms with van der Waals surface area (Å²) in [7, 11) is 0. The molecular weight excluding hydrogens is 675 g/mol. The molecule has 2 aromatic heterocycles. The van der Waals surface area contributed by atoms with Crippen LogP contribution in [-0.2, 0) is 25.6 Å². The van der Waals surface area contributed by atoms with E-state index in [0.29, 0.717) is 28.6 Å². The number of aromatic nitrogens is 4. The Bertz CT molecular complexity index is 1800. The molecule has 0 radical (unpaired) electrons. The molecule has 274 valence electrons. The van der Waals surface area contributed by atoms with E-state index in [2.05, 4.69) is 30.6 Å². The Hall–Kier alpha value is -4.63. The lowest BCUT2D eigenvalue weighted by molar-refractivity contribution is -0.162. The van der Waals surface area contributed by atoms with Gasteiger partial charge in [0.2, 0.25) is 11.8 Å². The van der Waals surface area contributed by atoms with Gasteiger partial charge in [0.25, 0.3) is 11.8 Å². The van der Waals surface area contributed by atoms with Gasteiger partial charge in [-0.15, -0.1) is 0 Å². The number of ether oxygens (including phenoxy) is 2. The molecule has 4 aromatic rings. The number of alkyl halides is 4. The highest BCUT2D eigenvalue weighted by Crippen LogP contribution is 2.31. The van der Waals surface area contributed by atoms with Crippen molar-refractivity contribution in [2.45, 2.75) is 83.6 Å². The molecule has 1 aliphatic rings. The van der Waals surface area contributed by atoms with Crippen LogP contribution in [0.4, 0.5) is 22.0 Å². The van der Waals surface area contributed by atoms with Crippen molar-refractivity contribution in [1.82, 2.24) is 30.6 Å². The maximum Gasteiger partial charge on any atom is 0.271 e. The number of carbonyl (C=O) groups excluding carboxylic acids is 2. The van der Waals surface area contributed by atoms with Gasteiger partial charge in [0, 0.05) is 36.4 Å². The molecule has 0 spiro atoms. The summed E-state index contributed by atoms with van der Waals surface area (Å²) < 4.78 is 79.2. The Labute approximate surface area is 292 Å². The fraction of sp³-hybridized carbons (Fsp3) is 0.444. The molecule has 1 fully saturated rings. The highest BCUT2D eigenvalue weighted by molar-refractivity contribution is 5.81. The van der Waals surface area contributed by atoms with Gasteiger partial charge in [-0.25, -0.2) is 31.9 Å². The summed E-state index contributed by atoms with van der Waals surface area (Å²) >= 11 is 0. The van der Waals surface area contributed by atoms with Crippen LogP contribution >= 0.6 is 0 Å². The minimum absolute atomic E-state index is 0.0115. The number of rotatable bonds is 14. The second kappa shape index (κ2) is 15.7. The second-order valence-electron chi connectivity index (χ2n) is 13.0. The van der Waals surface area contributed by atoms with Crippen LogP contribution in [0.25, 0.3) is 33.6 Å². The summed E-state index contributed by atoms with van der Waals surface area (Å²) in [5.74, 6) is -6.71. The number of hydrogen-bond donors (Lipinski definition) is 4. The summed E-state index contributed by atoms with van der Waals surface area (Å²) in [6.07, 6.45) is 0.292. The molecule has 51 heavy (non-hydrogen) atoms. The van der Waals surface area contributed by atoms with Crippen LogP contribution < -0.4 is 10.6 Å². The van der Waals surface area contributed by atoms with E-state index in [1.54, 1.807) is 18.3 Å². The predicted octanol–water partition coefficient (Wildman–Crippen LogP) is 6.97. The third kappa shape index (κ3) is 9.58. The van der Waals surface area contributed by atoms with Crippen molar-refractivity contribution in [1.29, 1.82) is 0 Å². The number of benzene rings is 2. The highest BCUT2D eigenvalue weighted by atomic mass is 19.3. The van der Waals surface area contributed by atoms with Gasteiger partial charge in [-0.1, -0.05) is 51.1 Å². The molecule has 4 N–H and O–H groups in total. The molecule has 10 nitrogen and oxygen atoms in total. The number of hydrogen-bond acceptors (Lipinski definition) is 6. The fourth-order valence-corrected chi connectivity index (χ4v) is 5.43. The molecule has 1 aliphatic heterocycles. The van der Waals surface area contributed by atoms with Crippen LogP contribution in [0, 0.1) is 11.7 Å². The number of carbonyl (C=O) groups is 2. The van der Waals surface area contributed by atoms with E-state index >= 15 is 4.39 Å². The van der Waals surface area contributed by atoms with Crippen molar-refractivity contribution < 1.29 is 41.0 Å². The van der Waals surface area contributed by atoms with E-state index in [-0.39, 0.29) is 30.9 Å². The number of imidazole rings is 2. The third-order valence-corrected chi connectivity index (χ3v) is 8.67. The second-order valence-corrected chi connectivity index (χ2v) is 13.0. The third-order valence-electron chi connectivity index (χ3n) is 8.67. The van der Waals surface area contributed by atoms with Crippen LogP contribution in [0.1, 0.15) is 64.6 Å². The molecule has 3 unspecified atom stereocenters. The fourth-order valence-electron chi connectivity index (χ4n) is 5.43. The molecule has 15 heteroatoms. The maximum atomic E-state index is 15.3. The molecule has 5 rings (SSSR count). The van der Waals surface area contributed by atoms with E-state index in [1.165, 1.54) is 26.1 Å². The molecular formula is C36H41F5N6O4. The van der Waals surface area contributed by atoms with Crippen molar-refractivity contribution in [3.63, 3.8) is 0 Å². The van der Waals surface area contributed by atoms with Gasteiger partial charge < -0.3 is 30.1 Å². The lowest BCUT2D eigenvalue weighted by Crippen LogP contribution is -2.43. The number of aromatic amines is 2. The van der Waals surface area contributed by atoms with Crippen LogP contribution in [0.2, 0.25) is 0 Å². The van der Waals surface area contributed by atoms with Gasteiger partial charge in [0.05, 0.1) is 24.0 Å². The van der Waals surface area contributed by atoms with Crippen LogP contribution in [0.15, 0.2) is 54.9 Å². The van der Waals surface area contributed by atoms with E-state index in [0.717, 1.165) is 11.1 Å². The Morgan fingerprint density at radius 1 is 1.02 bits per heavy atom. The first-order valence-electron chi connectivity index (χ1n) is 16.7. The topological polar surface area (TPSA) is 134 Å². The van der Waals surface area contributed by atoms with Crippen molar-refractivity contribution in [3.05, 3.63) is 72.3 Å². The standard InChI is InChI=1S/C36H41F5N6O4/c1-5-35(38,39)18-50-21(4)33(48)47-31(20(2)3)32-43-15-27(46-32)23-8-6-22(7-9-23)24-10-11-25(26(37)14-24)28-16-42-30(45-28)17-44-34(49)29-12-13-36(40,41)19-51-29/h6-11,14-16,20-21,29,31H,5,12-13,17-19H2,1-4H3,(H,42,45)(H,43,46)(H,44,49)(H,47,48). The summed E-state index contributed by atoms with van der Waals surface area (Å²) in [6, 6.07) is 11.6. The minimum Gasteiger partial charge on any atom is -0.362 e. The van der Waals surface area contributed by atoms with Crippen molar-refractivity contribution in [3.8, 4) is 33.6 Å². The number of nitrogens with one attached hydrogen (secondary N) is 4. The Morgan fingerprint density at radius 2 is 1.71 bits per heavy atom. The SMILES string of the molecule is CCC(F)(F)COC(C)C(=O)NC(c1nc(-c2ccc(-c3ccc(-c4c[nH]c(CNC(=O)C5CCC(F)(F)CO5)n4)c(F)c3)cc2)c[nH]1)C(C)C. The first-order valence-corrected chi connectivity index (χ1v) is 16.7. The van der Waals surface area contributed by atoms with Crippen LogP contribution in [-0.4, -0.2) is 69.0 Å². The van der Waals surface area contributed by atoms with Crippen molar-refractivity contribution >= 4 is 11.8 Å². The molecule has 3 heterocycles. The summed E-state index contributed by atoms with van der Waals surface area (Å²) in [6.45, 7) is 4.92. The molecule has 0 aliphatic carbocycles. The lowest BCUT2D eigenvalue weighted by atomic mass is 10.0. The maximum absolute atomic E-state index is 15.3. The first-order chi connectivity index (χ1) is 24.1. The zero-order valence-electron chi connectivity index (χ0n) is 28.7. The normalized spacial score (nSPS) is 17.3. The predicted molar refractivity (Wildman–Crippen MR) is 179 cm³/mol. The van der Waals surface area contributed by atoms with E-state index in [9.17, 15) is 27.2 Å². The van der Waals surface area contributed by atoms with Gasteiger partial charge in [-0.3, -0.25) is 9.59 Å². The minimum atomic E-state index is -3.01. The Balaban J connectivity index is 1.19. The first kappa shape index (κ1) is 37.6. The molecule has 0 bridgehead atoms. The summed E-state index contributed by atoms with van der Waals surface area (Å²) in [4.78, 5) is 40.1. The molecule has 3 atom stereocenters. The van der Waals surface area contributed by atoms with Crippen molar-refractivity contribution in [2.24, 2.45) is 5.92 Å². The average molecular weight is 717 g/mol. The van der Waals surface area contributed by atoms with Gasteiger partial charge in [0.15, 0.2) is 0 Å². The number of amides is 2. The Morgan fingerprint density at radius 3 is 2.35 bits per heavy atom. The molecule has 2 aromatic carbocycles. The highest BCUT2D eigenvalue weighted by Gasteiger charge is 2.38.